The van der Waals surface area contributed by atoms with Gasteiger partial charge in [0.05, 0.1) is 18.4 Å². The molecular formula is C23H27NO6. The highest BCUT2D eigenvalue weighted by molar-refractivity contribution is 6.46. The summed E-state index contributed by atoms with van der Waals surface area (Å²) in [5.74, 6) is -0.148. The standard InChI is InChI=1S/C23H27NO6/c1-15(2)14-30-17-9-7-16(8-10-17)21(25)19-20(18-6-4-13-29-18)24(11-5-12-28-3)23(27)22(19)26/h4,6-10,13,15,20,25H,5,11-12,14H2,1-3H3/b21-19-. The second kappa shape index (κ2) is 9.63. The van der Waals surface area contributed by atoms with Crippen LogP contribution in [0.5, 0.6) is 5.75 Å². The number of hydrogen-bond donors (Lipinski definition) is 1. The SMILES string of the molecule is COCCCN1C(=O)C(=O)/C(=C(\O)c2ccc(OCC(C)C)cc2)C1c1ccco1. The molecule has 7 heteroatoms. The third kappa shape index (κ3) is 4.57. The number of likely N-dealkylation sites (tertiary alicyclic amines) is 1. The predicted octanol–water partition coefficient (Wildman–Crippen LogP) is 3.77. The molecule has 0 aliphatic carbocycles. The van der Waals surface area contributed by atoms with Crippen LogP contribution in [-0.4, -0.2) is 48.6 Å². The fourth-order valence-electron chi connectivity index (χ4n) is 3.36. The molecule has 1 aromatic carbocycles. The second-order valence-electron chi connectivity index (χ2n) is 7.58. The quantitative estimate of drug-likeness (QED) is 0.291. The smallest absolute Gasteiger partial charge is 0.295 e. The van der Waals surface area contributed by atoms with E-state index in [0.717, 1.165) is 0 Å². The van der Waals surface area contributed by atoms with Crippen molar-refractivity contribution in [3.8, 4) is 5.75 Å². The van der Waals surface area contributed by atoms with Crippen molar-refractivity contribution >= 4 is 17.4 Å². The van der Waals surface area contributed by atoms with E-state index in [-0.39, 0.29) is 11.3 Å². The normalized spacial score (nSPS) is 18.4. The minimum atomic E-state index is -0.784. The molecule has 160 valence electrons. The Balaban J connectivity index is 1.95. The zero-order valence-corrected chi connectivity index (χ0v) is 17.5. The van der Waals surface area contributed by atoms with Crippen molar-refractivity contribution in [1.29, 1.82) is 0 Å². The summed E-state index contributed by atoms with van der Waals surface area (Å²) in [6, 6.07) is 9.39. The van der Waals surface area contributed by atoms with Crippen LogP contribution in [-0.2, 0) is 14.3 Å². The van der Waals surface area contributed by atoms with Crippen LogP contribution < -0.4 is 4.74 Å². The molecule has 2 heterocycles. The van der Waals surface area contributed by atoms with Gasteiger partial charge in [0, 0.05) is 25.8 Å². The lowest BCUT2D eigenvalue weighted by Crippen LogP contribution is -2.31. The Morgan fingerprint density at radius 2 is 1.93 bits per heavy atom. The summed E-state index contributed by atoms with van der Waals surface area (Å²) < 4.78 is 16.2. The van der Waals surface area contributed by atoms with Crippen LogP contribution >= 0.6 is 0 Å². The molecule has 1 N–H and O–H groups in total. The van der Waals surface area contributed by atoms with Gasteiger partial charge in [0.25, 0.3) is 11.7 Å². The van der Waals surface area contributed by atoms with E-state index in [2.05, 4.69) is 13.8 Å². The minimum Gasteiger partial charge on any atom is -0.507 e. The van der Waals surface area contributed by atoms with E-state index in [0.29, 0.717) is 49.2 Å². The summed E-state index contributed by atoms with van der Waals surface area (Å²) >= 11 is 0. The molecule has 1 aliphatic rings. The highest BCUT2D eigenvalue weighted by Gasteiger charge is 2.47. The van der Waals surface area contributed by atoms with Crippen molar-refractivity contribution in [3.63, 3.8) is 0 Å². The van der Waals surface area contributed by atoms with E-state index in [9.17, 15) is 14.7 Å². The Kier molecular flexibility index (Phi) is 6.95. The van der Waals surface area contributed by atoms with Crippen LogP contribution in [0.4, 0.5) is 0 Å². The summed E-state index contributed by atoms with van der Waals surface area (Å²) in [6.07, 6.45) is 2.04. The number of furan rings is 1. The number of methoxy groups -OCH3 is 1. The van der Waals surface area contributed by atoms with Crippen molar-refractivity contribution < 1.29 is 28.6 Å². The van der Waals surface area contributed by atoms with Crippen molar-refractivity contribution in [1.82, 2.24) is 4.90 Å². The first-order valence-corrected chi connectivity index (χ1v) is 9.98. The summed E-state index contributed by atoms with van der Waals surface area (Å²) in [5, 5.41) is 10.9. The van der Waals surface area contributed by atoms with Crippen LogP contribution in [0.1, 0.15) is 37.6 Å². The van der Waals surface area contributed by atoms with Crippen molar-refractivity contribution in [3.05, 3.63) is 59.6 Å². The Bertz CT molecular complexity index is 898. The summed E-state index contributed by atoms with van der Waals surface area (Å²) in [4.78, 5) is 26.9. The average molecular weight is 413 g/mol. The molecule has 1 atom stereocenters. The number of hydrogen-bond acceptors (Lipinski definition) is 6. The fraction of sp³-hybridized carbons (Fsp3) is 0.391. The molecule has 0 saturated carbocycles. The Labute approximate surface area is 175 Å². The Morgan fingerprint density at radius 1 is 1.20 bits per heavy atom. The topological polar surface area (TPSA) is 89.2 Å². The number of ether oxygens (including phenoxy) is 2. The van der Waals surface area contributed by atoms with Gasteiger partial charge in [-0.1, -0.05) is 13.8 Å². The molecule has 1 unspecified atom stereocenters. The summed E-state index contributed by atoms with van der Waals surface area (Å²) in [5.41, 5.74) is 0.446. The van der Waals surface area contributed by atoms with Crippen LogP contribution in [0.3, 0.4) is 0 Å². The maximum atomic E-state index is 12.8. The van der Waals surface area contributed by atoms with Gasteiger partial charge < -0.3 is 23.9 Å². The van der Waals surface area contributed by atoms with Crippen molar-refractivity contribution in [2.75, 3.05) is 26.9 Å². The van der Waals surface area contributed by atoms with Gasteiger partial charge in [-0.25, -0.2) is 0 Å². The van der Waals surface area contributed by atoms with Gasteiger partial charge in [-0.3, -0.25) is 9.59 Å². The molecule has 1 fully saturated rings. The van der Waals surface area contributed by atoms with E-state index in [1.807, 2.05) is 0 Å². The maximum absolute atomic E-state index is 12.8. The number of aliphatic hydroxyl groups is 1. The molecule has 2 aromatic rings. The van der Waals surface area contributed by atoms with Crippen LogP contribution in [0.15, 0.2) is 52.7 Å². The zero-order valence-electron chi connectivity index (χ0n) is 17.5. The highest BCUT2D eigenvalue weighted by atomic mass is 16.5. The van der Waals surface area contributed by atoms with Gasteiger partial charge in [0.15, 0.2) is 0 Å². The van der Waals surface area contributed by atoms with E-state index in [1.165, 1.54) is 11.2 Å². The number of amides is 1. The van der Waals surface area contributed by atoms with E-state index in [4.69, 9.17) is 13.9 Å². The second-order valence-corrected chi connectivity index (χ2v) is 7.58. The van der Waals surface area contributed by atoms with Crippen molar-refractivity contribution in [2.45, 2.75) is 26.3 Å². The number of carbonyl (C=O) groups is 2. The Morgan fingerprint density at radius 3 is 2.53 bits per heavy atom. The third-order valence-corrected chi connectivity index (χ3v) is 4.81. The molecular weight excluding hydrogens is 386 g/mol. The maximum Gasteiger partial charge on any atom is 0.295 e. The summed E-state index contributed by atoms with van der Waals surface area (Å²) in [6.45, 7) is 5.45. The molecule has 0 bridgehead atoms. The molecule has 7 nitrogen and oxygen atoms in total. The largest absolute Gasteiger partial charge is 0.507 e. The van der Waals surface area contributed by atoms with Gasteiger partial charge in [0.1, 0.15) is 23.3 Å². The van der Waals surface area contributed by atoms with E-state index in [1.54, 1.807) is 43.5 Å². The molecule has 1 amide bonds. The third-order valence-electron chi connectivity index (χ3n) is 4.81. The number of ketones is 1. The van der Waals surface area contributed by atoms with Crippen LogP contribution in [0.25, 0.3) is 5.76 Å². The first kappa shape index (κ1) is 21.6. The number of Topliss-reactive ketones (excluding diaryl/α,β-unsaturated/α-hetero) is 1. The molecule has 0 spiro atoms. The fourth-order valence-corrected chi connectivity index (χ4v) is 3.36. The number of nitrogens with zero attached hydrogens (tertiary/aromatic N) is 1. The van der Waals surface area contributed by atoms with E-state index < -0.39 is 17.7 Å². The molecule has 1 aliphatic heterocycles. The van der Waals surface area contributed by atoms with Gasteiger partial charge in [-0.15, -0.1) is 0 Å². The lowest BCUT2D eigenvalue weighted by molar-refractivity contribution is -0.140. The first-order chi connectivity index (χ1) is 14.4. The first-order valence-electron chi connectivity index (χ1n) is 9.98. The number of carbonyl (C=O) groups excluding carboxylic acids is 2. The monoisotopic (exact) mass is 413 g/mol. The van der Waals surface area contributed by atoms with E-state index >= 15 is 0 Å². The summed E-state index contributed by atoms with van der Waals surface area (Å²) in [7, 11) is 1.58. The molecule has 30 heavy (non-hydrogen) atoms. The molecule has 0 radical (unpaired) electrons. The minimum absolute atomic E-state index is 0.0169. The number of rotatable bonds is 9. The van der Waals surface area contributed by atoms with Crippen molar-refractivity contribution in [2.24, 2.45) is 5.92 Å². The average Bonchev–Trinajstić information content (AvgIpc) is 3.35. The van der Waals surface area contributed by atoms with Crippen LogP contribution in [0, 0.1) is 5.92 Å². The predicted molar refractivity (Wildman–Crippen MR) is 111 cm³/mol. The number of benzene rings is 1. The Hall–Kier alpha value is -3.06. The zero-order chi connectivity index (χ0) is 21.7. The van der Waals surface area contributed by atoms with Gasteiger partial charge >= 0.3 is 0 Å². The van der Waals surface area contributed by atoms with Gasteiger partial charge in [-0.05, 0) is 48.7 Å². The lowest BCUT2D eigenvalue weighted by atomic mass is 9.99. The highest BCUT2D eigenvalue weighted by Crippen LogP contribution is 2.39. The molecule has 3 rings (SSSR count). The van der Waals surface area contributed by atoms with Gasteiger partial charge in [-0.2, -0.15) is 0 Å². The van der Waals surface area contributed by atoms with Crippen LogP contribution in [0.2, 0.25) is 0 Å². The molecule has 1 saturated heterocycles. The number of aliphatic hydroxyl groups excluding tert-OH is 1. The van der Waals surface area contributed by atoms with Gasteiger partial charge in [0.2, 0.25) is 0 Å². The molecule has 1 aromatic heterocycles. The lowest BCUT2D eigenvalue weighted by Gasteiger charge is -2.23.